The van der Waals surface area contributed by atoms with Crippen molar-refractivity contribution in [3.05, 3.63) is 28.5 Å². The highest BCUT2D eigenvalue weighted by Gasteiger charge is 2.25. The van der Waals surface area contributed by atoms with E-state index in [1.165, 1.54) is 19.2 Å². The molecule has 1 rings (SSSR count). The molecule has 0 aliphatic heterocycles. The van der Waals surface area contributed by atoms with Crippen molar-refractivity contribution >= 4 is 38.4 Å². The summed E-state index contributed by atoms with van der Waals surface area (Å²) in [5.74, 6) is -0.491. The fourth-order valence-corrected chi connectivity index (χ4v) is 3.20. The second kappa shape index (κ2) is 8.43. The van der Waals surface area contributed by atoms with Crippen molar-refractivity contribution in [1.82, 2.24) is 4.31 Å². The fraction of sp³-hybridized carbons (Fsp3) is 0.538. The molecule has 0 amide bonds. The third-order valence-corrected chi connectivity index (χ3v) is 5.60. The molecule has 0 fully saturated rings. The van der Waals surface area contributed by atoms with Crippen molar-refractivity contribution in [1.29, 1.82) is 0 Å². The molecule has 0 saturated heterocycles. The van der Waals surface area contributed by atoms with Gasteiger partial charge in [-0.05, 0) is 30.5 Å². The zero-order valence-electron chi connectivity index (χ0n) is 12.2. The summed E-state index contributed by atoms with van der Waals surface area (Å²) in [7, 11) is -2.39. The summed E-state index contributed by atoms with van der Waals surface area (Å²) >= 11 is 3.10. The van der Waals surface area contributed by atoms with E-state index in [9.17, 15) is 12.8 Å². The van der Waals surface area contributed by atoms with Crippen LogP contribution in [0.2, 0.25) is 0 Å². The smallest absolute Gasteiger partial charge is 0.245 e. The summed E-state index contributed by atoms with van der Waals surface area (Å²) in [6, 6.07) is 3.82. The number of hydrogen-bond donors (Lipinski definition) is 1. The van der Waals surface area contributed by atoms with Crippen LogP contribution in [0.3, 0.4) is 0 Å². The molecule has 0 saturated carbocycles. The van der Waals surface area contributed by atoms with E-state index in [0.717, 1.165) is 10.4 Å². The van der Waals surface area contributed by atoms with Crippen LogP contribution in [0.15, 0.2) is 27.6 Å². The minimum absolute atomic E-state index is 0. The first-order valence-corrected chi connectivity index (χ1v) is 8.56. The summed E-state index contributed by atoms with van der Waals surface area (Å²) in [4.78, 5) is -0.318. The Balaban J connectivity index is 0.00000400. The van der Waals surface area contributed by atoms with E-state index >= 15 is 0 Å². The predicted molar refractivity (Wildman–Crippen MR) is 88.6 cm³/mol. The van der Waals surface area contributed by atoms with Crippen molar-refractivity contribution in [3.8, 4) is 0 Å². The highest BCUT2D eigenvalue weighted by molar-refractivity contribution is 9.10. The van der Waals surface area contributed by atoms with Crippen molar-refractivity contribution in [2.45, 2.75) is 31.2 Å². The third-order valence-electron chi connectivity index (χ3n) is 3.22. The quantitative estimate of drug-likeness (QED) is 0.794. The minimum Gasteiger partial charge on any atom is -0.327 e. The molecule has 0 spiro atoms. The van der Waals surface area contributed by atoms with Gasteiger partial charge in [-0.15, -0.1) is 12.4 Å². The molecule has 1 aromatic rings. The van der Waals surface area contributed by atoms with Gasteiger partial charge in [0.1, 0.15) is 10.7 Å². The van der Waals surface area contributed by atoms with Gasteiger partial charge < -0.3 is 5.73 Å². The van der Waals surface area contributed by atoms with Crippen LogP contribution in [0.1, 0.15) is 20.3 Å². The Bertz CT molecular complexity index is 569. The maximum Gasteiger partial charge on any atom is 0.245 e. The lowest BCUT2D eigenvalue weighted by Gasteiger charge is -2.21. The van der Waals surface area contributed by atoms with E-state index in [0.29, 0.717) is 10.9 Å². The van der Waals surface area contributed by atoms with Gasteiger partial charge in [-0.2, -0.15) is 0 Å². The van der Waals surface area contributed by atoms with E-state index in [1.807, 2.05) is 13.8 Å². The van der Waals surface area contributed by atoms with Crippen molar-refractivity contribution < 1.29 is 12.8 Å². The maximum absolute atomic E-state index is 13.8. The van der Waals surface area contributed by atoms with Crippen LogP contribution in [-0.4, -0.2) is 32.4 Å². The average molecular weight is 404 g/mol. The molecule has 2 N–H and O–H groups in total. The molecular weight excluding hydrogens is 383 g/mol. The van der Waals surface area contributed by atoms with Gasteiger partial charge in [-0.3, -0.25) is 0 Å². The number of hydrogen-bond acceptors (Lipinski definition) is 3. The topological polar surface area (TPSA) is 63.4 Å². The second-order valence-corrected chi connectivity index (χ2v) is 8.03. The highest BCUT2D eigenvalue weighted by Crippen LogP contribution is 2.22. The van der Waals surface area contributed by atoms with E-state index in [4.69, 9.17) is 5.73 Å². The van der Waals surface area contributed by atoms with Gasteiger partial charge in [0.25, 0.3) is 0 Å². The van der Waals surface area contributed by atoms with E-state index in [1.54, 1.807) is 0 Å². The molecule has 1 unspecified atom stereocenters. The zero-order valence-corrected chi connectivity index (χ0v) is 15.4. The SMILES string of the molecule is CC(C)C(N)CCN(C)S(=O)(=O)c1ccc(Br)cc1F.Cl. The van der Waals surface area contributed by atoms with Gasteiger partial charge in [-0.25, -0.2) is 17.1 Å². The number of nitrogens with zero attached hydrogens (tertiary/aromatic N) is 1. The molecule has 0 radical (unpaired) electrons. The van der Waals surface area contributed by atoms with Crippen LogP contribution >= 0.6 is 28.3 Å². The summed E-state index contributed by atoms with van der Waals surface area (Å²) in [5, 5.41) is 0. The van der Waals surface area contributed by atoms with Crippen molar-refractivity contribution in [2.75, 3.05) is 13.6 Å². The molecule has 8 heteroatoms. The monoisotopic (exact) mass is 402 g/mol. The van der Waals surface area contributed by atoms with Gasteiger partial charge in [0.2, 0.25) is 10.0 Å². The van der Waals surface area contributed by atoms with Crippen LogP contribution < -0.4 is 5.73 Å². The Morgan fingerprint density at radius 3 is 2.43 bits per heavy atom. The second-order valence-electron chi connectivity index (χ2n) is 5.10. The summed E-state index contributed by atoms with van der Waals surface area (Å²) < 4.78 is 40.0. The van der Waals surface area contributed by atoms with E-state index < -0.39 is 15.8 Å². The van der Waals surface area contributed by atoms with Gasteiger partial charge in [0, 0.05) is 24.1 Å². The maximum atomic E-state index is 13.8. The molecule has 1 atom stereocenters. The van der Waals surface area contributed by atoms with Crippen LogP contribution in [0.25, 0.3) is 0 Å². The van der Waals surface area contributed by atoms with Crippen LogP contribution in [0.4, 0.5) is 4.39 Å². The van der Waals surface area contributed by atoms with Crippen LogP contribution in [-0.2, 0) is 10.0 Å². The Hall–Kier alpha value is -0.210. The Morgan fingerprint density at radius 2 is 1.95 bits per heavy atom. The number of sulfonamides is 1. The minimum atomic E-state index is -3.83. The number of halogens is 3. The molecule has 1 aromatic carbocycles. The summed E-state index contributed by atoms with van der Waals surface area (Å²) in [6.07, 6.45) is 0.533. The fourth-order valence-electron chi connectivity index (χ4n) is 1.64. The summed E-state index contributed by atoms with van der Waals surface area (Å²) in [5.41, 5.74) is 5.89. The molecule has 0 heterocycles. The van der Waals surface area contributed by atoms with Gasteiger partial charge in [0.15, 0.2) is 0 Å². The first-order valence-electron chi connectivity index (χ1n) is 6.33. The largest absolute Gasteiger partial charge is 0.327 e. The lowest BCUT2D eigenvalue weighted by atomic mass is 10.0. The van der Waals surface area contributed by atoms with Gasteiger partial charge in [0.05, 0.1) is 0 Å². The Morgan fingerprint density at radius 1 is 1.38 bits per heavy atom. The highest BCUT2D eigenvalue weighted by atomic mass is 79.9. The normalized spacial score (nSPS) is 13.3. The lowest BCUT2D eigenvalue weighted by molar-refractivity contribution is 0.396. The van der Waals surface area contributed by atoms with Crippen molar-refractivity contribution in [3.63, 3.8) is 0 Å². The average Bonchev–Trinajstić information content (AvgIpc) is 2.34. The zero-order chi connectivity index (χ0) is 15.5. The van der Waals surface area contributed by atoms with Gasteiger partial charge in [-0.1, -0.05) is 29.8 Å². The molecule has 0 bridgehead atoms. The Labute approximate surface area is 140 Å². The predicted octanol–water partition coefficient (Wildman–Crippen LogP) is 3.00. The van der Waals surface area contributed by atoms with Crippen molar-refractivity contribution in [2.24, 2.45) is 11.7 Å². The summed E-state index contributed by atoms with van der Waals surface area (Å²) in [6.45, 7) is 4.22. The number of nitrogens with two attached hydrogens (primary N) is 1. The van der Waals surface area contributed by atoms with Crippen LogP contribution in [0, 0.1) is 11.7 Å². The molecule has 21 heavy (non-hydrogen) atoms. The van der Waals surface area contributed by atoms with Crippen LogP contribution in [0.5, 0.6) is 0 Å². The first-order chi connectivity index (χ1) is 9.16. The lowest BCUT2D eigenvalue weighted by Crippen LogP contribution is -2.35. The van der Waals surface area contributed by atoms with E-state index in [-0.39, 0.29) is 35.8 Å². The molecular formula is C13H21BrClFN2O2S. The van der Waals surface area contributed by atoms with Gasteiger partial charge >= 0.3 is 0 Å². The Kier molecular flexibility index (Phi) is 8.35. The molecule has 122 valence electrons. The number of rotatable bonds is 6. The number of benzene rings is 1. The molecule has 0 aliphatic rings. The molecule has 0 aromatic heterocycles. The molecule has 0 aliphatic carbocycles. The van der Waals surface area contributed by atoms with E-state index in [2.05, 4.69) is 15.9 Å². The first kappa shape index (κ1) is 20.8. The third kappa shape index (κ3) is 5.49. The standard InChI is InChI=1S/C13H20BrFN2O2S.ClH/c1-9(2)12(16)6-7-17(3)20(18,19)13-5-4-10(14)8-11(13)15;/h4-5,8-9,12H,6-7,16H2,1-3H3;1H. The molecule has 4 nitrogen and oxygen atoms in total.